The van der Waals surface area contributed by atoms with Crippen molar-refractivity contribution in [2.24, 2.45) is 0 Å². The van der Waals surface area contributed by atoms with Crippen LogP contribution in [0.15, 0.2) is 152 Å². The Kier molecular flexibility index (Phi) is 55.7. The van der Waals surface area contributed by atoms with Crippen LogP contribution in [-0.4, -0.2) is 68.7 Å². The maximum Gasteiger partial charge on any atom is 1.00 e. The Hall–Kier alpha value is 3.80. The van der Waals surface area contributed by atoms with E-state index in [0.29, 0.717) is 0 Å². The van der Waals surface area contributed by atoms with Gasteiger partial charge in [0.1, 0.15) is 52.4 Å². The molecule has 82 heavy (non-hydrogen) atoms. The van der Waals surface area contributed by atoms with Crippen LogP contribution in [0, 0.1) is 0 Å². The molecule has 5 rings (SSSR count). The van der Waals surface area contributed by atoms with E-state index in [-0.39, 0.29) is 236 Å². The van der Waals surface area contributed by atoms with Crippen LogP contribution >= 0.6 is 76.0 Å². The Morgan fingerprint density at radius 2 is 0.366 bits per heavy atom. The second kappa shape index (κ2) is 46.0. The molecular weight excluding hydrogens is 1370 g/mol. The monoisotopic (exact) mass is 1410 g/mol. The van der Waals surface area contributed by atoms with Crippen LogP contribution in [0.25, 0.3) is 0 Å². The largest absolute Gasteiger partial charge is 1.00 e. The molecule has 0 aliphatic heterocycles. The van der Waals surface area contributed by atoms with Gasteiger partial charge in [-0.1, -0.05) is 98.6 Å². The van der Waals surface area contributed by atoms with Gasteiger partial charge in [-0.15, -0.1) is 0 Å². The molecule has 0 amide bonds. The van der Waals surface area contributed by atoms with Crippen molar-refractivity contribution in [3.8, 4) is 28.7 Å². The van der Waals surface area contributed by atoms with E-state index in [1.807, 2.05) is 0 Å². The molecule has 0 bridgehead atoms. The van der Waals surface area contributed by atoms with Crippen LogP contribution in [0.1, 0.15) is 0 Å². The minimum absolute atomic E-state index is 0. The number of hydrogen-bond acceptors (Lipinski definition) is 22. The van der Waals surface area contributed by atoms with E-state index < -0.39 is 105 Å². The Balaban J connectivity index is -0.000000168. The molecule has 0 saturated carbocycles. The summed E-state index contributed by atoms with van der Waals surface area (Å²) in [5.41, 5.74) is 0. The van der Waals surface area contributed by atoms with E-state index in [4.69, 9.17) is 39.1 Å². The summed E-state index contributed by atoms with van der Waals surface area (Å²) in [5, 5.41) is 0. The Labute approximate surface area is 625 Å². The van der Waals surface area contributed by atoms with Crippen LogP contribution in [0.2, 0.25) is 0 Å². The molecule has 5 unspecified atom stereocenters. The summed E-state index contributed by atoms with van der Waals surface area (Å²) in [5.74, 6) is -6.60. The molecule has 0 spiro atoms. The zero-order chi connectivity index (χ0) is 57.6. The van der Waals surface area contributed by atoms with Gasteiger partial charge in [0.15, 0.2) is 38.0 Å². The molecule has 0 fully saturated rings. The molecule has 5 aromatic carbocycles. The third-order valence-electron chi connectivity index (χ3n) is 6.71. The molecule has 0 aliphatic rings. The Morgan fingerprint density at radius 3 is 0.476 bits per heavy atom. The minimum Gasteiger partial charge on any atom is -0.810 e. The fourth-order valence-electron chi connectivity index (χ4n) is 4.47. The first-order valence-corrected chi connectivity index (χ1v) is 36.9. The molecule has 420 valence electrons. The van der Waals surface area contributed by atoms with Gasteiger partial charge in [-0.2, -0.15) is 0 Å². The molecular formula is C35H43Na7O30P10. The van der Waals surface area contributed by atoms with E-state index in [0.717, 1.165) is 0 Å². The summed E-state index contributed by atoms with van der Waals surface area (Å²) in [7, 11) is -46.5. The van der Waals surface area contributed by atoms with Crippen molar-refractivity contribution < 1.29 is 349 Å². The van der Waals surface area contributed by atoms with E-state index in [1.54, 1.807) is 78.9 Å². The predicted octanol–water partition coefficient (Wildman–Crippen LogP) is -18.5. The fraction of sp³-hybridized carbons (Fsp3) is 0.143. The van der Waals surface area contributed by atoms with Gasteiger partial charge in [-0.05, 0) is 60.7 Å². The summed E-state index contributed by atoms with van der Waals surface area (Å²) in [6.07, 6.45) is 0. The maximum absolute atomic E-state index is 11.1. The summed E-state index contributed by atoms with van der Waals surface area (Å²) in [6, 6.07) is 37.4. The summed E-state index contributed by atoms with van der Waals surface area (Å²) in [4.78, 5) is 144. The summed E-state index contributed by atoms with van der Waals surface area (Å²) >= 11 is 0. The first kappa shape index (κ1) is 99.4. The number of rotatable bonds is 20. The third-order valence-corrected chi connectivity index (χ3v) is 23.4. The quantitative estimate of drug-likeness (QED) is 0.0265. The van der Waals surface area contributed by atoms with Crippen molar-refractivity contribution in [2.75, 3.05) is 29.5 Å². The summed E-state index contributed by atoms with van der Waals surface area (Å²) < 4.78 is 130. The van der Waals surface area contributed by atoms with Crippen LogP contribution in [0.3, 0.4) is 0 Å². The Bertz CT molecular complexity index is 2560. The maximum atomic E-state index is 11.1. The van der Waals surface area contributed by atoms with Gasteiger partial charge in [-0.3, -0.25) is 41.1 Å². The zero-order valence-corrected chi connectivity index (χ0v) is 67.4. The molecule has 0 radical (unpaired) electrons. The minimum atomic E-state index is -5.12. The molecule has 8 N–H and O–H groups in total. The van der Waals surface area contributed by atoms with E-state index >= 15 is 0 Å². The first-order chi connectivity index (χ1) is 33.9. The molecule has 5 aromatic rings. The summed E-state index contributed by atoms with van der Waals surface area (Å²) in [6.45, 7) is 0. The van der Waals surface area contributed by atoms with Gasteiger partial charge < -0.3 is 101 Å². The Morgan fingerprint density at radius 1 is 0.244 bits per heavy atom. The molecule has 30 nitrogen and oxygen atoms in total. The van der Waals surface area contributed by atoms with Gasteiger partial charge in [0.2, 0.25) is 0 Å². The SMILES string of the molecule is O=P(O)(O)CP(=O)([O-])Oc1ccccc1.O=P(O)(O)CP(=O)([O-])Oc1ccccc1.O=P(O)(O)CP(=O)([O-])Oc1ccccc1.O=P(O)(O)CP(=O)([O-])Oc1ccccc1.O=P([O-])([O-])CP(=O)([O-])Oc1ccccc1.[Na+].[Na+].[Na+].[Na+].[Na+].[Na+].[Na+]. The molecule has 0 aliphatic carbocycles. The van der Waals surface area contributed by atoms with Crippen molar-refractivity contribution in [1.82, 2.24) is 0 Å². The van der Waals surface area contributed by atoms with Crippen molar-refractivity contribution in [3.05, 3.63) is 152 Å². The van der Waals surface area contributed by atoms with E-state index in [2.05, 4.69) is 22.6 Å². The molecule has 0 saturated heterocycles. The van der Waals surface area contributed by atoms with Gasteiger partial charge in [0.05, 0.1) is 5.90 Å². The van der Waals surface area contributed by atoms with Crippen molar-refractivity contribution in [2.45, 2.75) is 0 Å². The number of para-hydroxylation sites is 5. The normalized spacial score (nSPS) is 14.3. The van der Waals surface area contributed by atoms with Gasteiger partial charge in [0, 0.05) is 0 Å². The van der Waals surface area contributed by atoms with Gasteiger partial charge in [0.25, 0.3) is 0 Å². The topological polar surface area (TPSA) is 540 Å². The molecule has 0 heterocycles. The van der Waals surface area contributed by atoms with Crippen LogP contribution in [0.4, 0.5) is 0 Å². The van der Waals surface area contributed by atoms with Crippen molar-refractivity contribution >= 4 is 76.0 Å². The van der Waals surface area contributed by atoms with Crippen LogP contribution in [-0.2, 0) is 45.7 Å². The average molecular weight is 1410 g/mol. The zero-order valence-electron chi connectivity index (χ0n) is 44.5. The number of benzene rings is 5. The second-order valence-corrected chi connectivity index (χ2v) is 33.3. The fourth-order valence-corrected chi connectivity index (χ4v) is 16.8. The van der Waals surface area contributed by atoms with Gasteiger partial charge >= 0.3 is 237 Å². The predicted molar refractivity (Wildman–Crippen MR) is 254 cm³/mol. The molecule has 5 atom stereocenters. The van der Waals surface area contributed by atoms with Crippen molar-refractivity contribution in [3.63, 3.8) is 0 Å². The van der Waals surface area contributed by atoms with E-state index in [1.165, 1.54) is 72.8 Å². The molecule has 0 aromatic heterocycles. The second-order valence-electron chi connectivity index (χ2n) is 14.1. The van der Waals surface area contributed by atoms with Gasteiger partial charge in [-0.25, -0.2) is 0 Å². The number of hydrogen-bond donors (Lipinski definition) is 8. The van der Waals surface area contributed by atoms with Crippen molar-refractivity contribution in [1.29, 1.82) is 0 Å². The first-order valence-electron chi connectivity index (χ1n) is 19.4. The van der Waals surface area contributed by atoms with E-state index in [9.17, 15) is 79.9 Å². The average Bonchev–Trinajstić information content (AvgIpc) is 3.18. The smallest absolute Gasteiger partial charge is 0.810 e. The standard InChI is InChI=1S/5C7H10O6P2.7Na/c5*8-14(9,10)6-15(11,12)13-7-4-2-1-3-5-7;;;;;;;/h5*1-5H,6H2,(H,11,12)(H2,8,9,10);;;;;;;/q;;;;;7*+1/p-7. The third kappa shape index (κ3) is 58.9. The molecule has 47 heteroatoms. The van der Waals surface area contributed by atoms with Crippen LogP contribution in [0.5, 0.6) is 28.7 Å². The van der Waals surface area contributed by atoms with Crippen LogP contribution < -0.4 is 264 Å².